The Morgan fingerprint density at radius 2 is 1.97 bits per heavy atom. The van der Waals surface area contributed by atoms with Crippen molar-refractivity contribution in [1.29, 1.82) is 5.26 Å². The van der Waals surface area contributed by atoms with E-state index in [0.717, 1.165) is 30.0 Å². The third-order valence-corrected chi connectivity index (χ3v) is 7.09. The van der Waals surface area contributed by atoms with Crippen molar-refractivity contribution in [3.8, 4) is 18.4 Å². The predicted octanol–water partition coefficient (Wildman–Crippen LogP) is 1.20. The molecule has 10 heteroatoms. The van der Waals surface area contributed by atoms with Crippen molar-refractivity contribution < 1.29 is 9.59 Å². The van der Waals surface area contributed by atoms with Gasteiger partial charge >= 0.3 is 0 Å². The number of nitrogens with zero attached hydrogens (tertiary/aromatic N) is 3. The average molecular weight is 527 g/mol. The van der Waals surface area contributed by atoms with Crippen LogP contribution in [0, 0.1) is 23.7 Å². The molecule has 0 spiro atoms. The minimum Gasteiger partial charge on any atom is -0.362 e. The number of thiazole rings is 1. The number of nitriles is 1. The van der Waals surface area contributed by atoms with Crippen molar-refractivity contribution in [1.82, 2.24) is 9.88 Å². The number of rotatable bonds is 8. The summed E-state index contributed by atoms with van der Waals surface area (Å²) in [7, 11) is 0. The third-order valence-electron chi connectivity index (χ3n) is 5.96. The number of carbonyl (C=O) groups excluding carboxylic acids is 2. The van der Waals surface area contributed by atoms with Gasteiger partial charge in [0.1, 0.15) is 15.3 Å². The fraction of sp³-hybridized carbons (Fsp3) is 0.214. The SMILES string of the molecule is C#CCNC(=O)/C(C#N)=c1\s/c(=C/Nc2cccc(NC(=O)CN3CCc4ccccc43)c2)c(=O)n1CC. The molecule has 1 aliphatic rings. The van der Waals surface area contributed by atoms with Crippen LogP contribution in [0.1, 0.15) is 12.5 Å². The molecule has 2 heterocycles. The smallest absolute Gasteiger partial charge is 0.270 e. The molecule has 3 aromatic rings. The molecule has 192 valence electrons. The van der Waals surface area contributed by atoms with E-state index in [2.05, 4.69) is 32.8 Å². The number of para-hydroxylation sites is 1. The first kappa shape index (κ1) is 26.3. The van der Waals surface area contributed by atoms with Crippen LogP contribution in [-0.2, 0) is 22.6 Å². The molecule has 3 N–H and O–H groups in total. The molecule has 0 aliphatic carbocycles. The van der Waals surface area contributed by atoms with Gasteiger partial charge in [-0.15, -0.1) is 17.8 Å². The minimum atomic E-state index is -0.630. The third kappa shape index (κ3) is 5.77. The Kier molecular flexibility index (Phi) is 8.27. The van der Waals surface area contributed by atoms with Crippen LogP contribution in [-0.4, -0.2) is 36.0 Å². The molecule has 0 atom stereocenters. The number of hydrogen-bond acceptors (Lipinski definition) is 7. The second kappa shape index (κ2) is 12.0. The van der Waals surface area contributed by atoms with Crippen molar-refractivity contribution in [2.75, 3.05) is 35.2 Å². The minimum absolute atomic E-state index is 0.0233. The van der Waals surface area contributed by atoms with Gasteiger partial charge in [0.15, 0.2) is 5.57 Å². The summed E-state index contributed by atoms with van der Waals surface area (Å²) >= 11 is 1.04. The zero-order chi connectivity index (χ0) is 27.1. The van der Waals surface area contributed by atoms with Crippen LogP contribution in [0.2, 0.25) is 0 Å². The van der Waals surface area contributed by atoms with Crippen LogP contribution in [0.15, 0.2) is 53.3 Å². The lowest BCUT2D eigenvalue weighted by atomic mass is 10.2. The monoisotopic (exact) mass is 526 g/mol. The fourth-order valence-electron chi connectivity index (χ4n) is 4.19. The summed E-state index contributed by atoms with van der Waals surface area (Å²) in [6.07, 6.45) is 7.63. The second-order valence-corrected chi connectivity index (χ2v) is 9.44. The van der Waals surface area contributed by atoms with Crippen molar-refractivity contribution in [2.24, 2.45) is 0 Å². The first-order valence-corrected chi connectivity index (χ1v) is 12.8. The Balaban J connectivity index is 1.51. The average Bonchev–Trinajstić information content (AvgIpc) is 3.47. The zero-order valence-corrected chi connectivity index (χ0v) is 21.6. The number of nitrogens with one attached hydrogen (secondary N) is 3. The highest BCUT2D eigenvalue weighted by Gasteiger charge is 2.20. The first-order valence-electron chi connectivity index (χ1n) is 12.0. The highest BCUT2D eigenvalue weighted by Crippen LogP contribution is 2.27. The molecule has 0 unspecified atom stereocenters. The van der Waals surface area contributed by atoms with E-state index in [1.165, 1.54) is 16.3 Å². The Morgan fingerprint density at radius 3 is 2.74 bits per heavy atom. The number of aromatic nitrogens is 1. The van der Waals surface area contributed by atoms with Crippen LogP contribution >= 0.6 is 11.3 Å². The Hall–Kier alpha value is -4.80. The summed E-state index contributed by atoms with van der Waals surface area (Å²) in [4.78, 5) is 40.0. The Bertz CT molecular complexity index is 1640. The predicted molar refractivity (Wildman–Crippen MR) is 150 cm³/mol. The van der Waals surface area contributed by atoms with Gasteiger partial charge in [0.05, 0.1) is 13.1 Å². The van der Waals surface area contributed by atoms with Gasteiger partial charge in [-0.1, -0.05) is 30.2 Å². The standard InChI is InChI=1S/C28H26N6O3S/c1-3-13-30-26(36)22(16-29)28-34(4-2)27(37)24(38-28)17-31-20-9-7-10-21(15-20)32-25(35)18-33-14-12-19-8-5-6-11-23(19)33/h1,5-11,15,17,31H,4,12-14,18H2,2H3,(H,30,36)(H,32,35)/b24-17+,28-22-. The topological polar surface area (TPSA) is 119 Å². The molecule has 0 bridgehead atoms. The van der Waals surface area contributed by atoms with E-state index in [1.807, 2.05) is 24.3 Å². The van der Waals surface area contributed by atoms with Gasteiger partial charge in [-0.05, 0) is 43.2 Å². The molecule has 9 nitrogen and oxygen atoms in total. The Morgan fingerprint density at radius 1 is 1.18 bits per heavy atom. The van der Waals surface area contributed by atoms with Gasteiger partial charge in [0.25, 0.3) is 11.5 Å². The lowest BCUT2D eigenvalue weighted by Gasteiger charge is -2.18. The van der Waals surface area contributed by atoms with E-state index in [9.17, 15) is 19.6 Å². The molecule has 1 aliphatic heterocycles. The van der Waals surface area contributed by atoms with E-state index in [1.54, 1.807) is 31.2 Å². The molecular weight excluding hydrogens is 500 g/mol. The summed E-state index contributed by atoms with van der Waals surface area (Å²) < 4.78 is 1.95. The maximum atomic E-state index is 12.9. The molecule has 2 aromatic carbocycles. The number of terminal acetylenes is 1. The van der Waals surface area contributed by atoms with Crippen molar-refractivity contribution in [3.63, 3.8) is 0 Å². The molecular formula is C28H26N6O3S. The molecule has 4 rings (SSSR count). The van der Waals surface area contributed by atoms with Crippen LogP contribution in [0.4, 0.5) is 17.1 Å². The summed E-state index contributed by atoms with van der Waals surface area (Å²) in [5.74, 6) is 1.53. The van der Waals surface area contributed by atoms with Crippen molar-refractivity contribution in [2.45, 2.75) is 19.9 Å². The summed E-state index contributed by atoms with van der Waals surface area (Å²) in [5.41, 5.74) is 3.11. The molecule has 2 amide bonds. The maximum absolute atomic E-state index is 12.9. The molecule has 38 heavy (non-hydrogen) atoms. The van der Waals surface area contributed by atoms with Crippen LogP contribution in [0.25, 0.3) is 11.8 Å². The highest BCUT2D eigenvalue weighted by atomic mass is 32.1. The van der Waals surface area contributed by atoms with E-state index >= 15 is 0 Å². The van der Waals surface area contributed by atoms with Gasteiger partial charge in [-0.2, -0.15) is 5.26 Å². The maximum Gasteiger partial charge on any atom is 0.270 e. The van der Waals surface area contributed by atoms with Gasteiger partial charge < -0.3 is 20.9 Å². The molecule has 0 saturated carbocycles. The normalized spacial score (nSPS) is 13.2. The van der Waals surface area contributed by atoms with Crippen LogP contribution in [0.5, 0.6) is 0 Å². The van der Waals surface area contributed by atoms with E-state index in [-0.39, 0.29) is 41.3 Å². The van der Waals surface area contributed by atoms with Crippen molar-refractivity contribution in [3.05, 3.63) is 73.6 Å². The fourth-order valence-corrected chi connectivity index (χ4v) is 5.27. The lowest BCUT2D eigenvalue weighted by molar-refractivity contribution is -0.116. The number of anilines is 3. The number of fused-ring (bicyclic) bond motifs is 1. The summed E-state index contributed by atoms with van der Waals surface area (Å²) in [6.45, 7) is 3.08. The molecule has 1 aromatic heterocycles. The largest absolute Gasteiger partial charge is 0.362 e. The number of amides is 2. The number of hydrogen-bond donors (Lipinski definition) is 3. The van der Waals surface area contributed by atoms with E-state index in [4.69, 9.17) is 6.42 Å². The second-order valence-electron chi connectivity index (χ2n) is 8.41. The molecule has 0 fully saturated rings. The summed E-state index contributed by atoms with van der Waals surface area (Å²) in [6, 6.07) is 17.1. The van der Waals surface area contributed by atoms with Gasteiger partial charge in [0.2, 0.25) is 5.91 Å². The zero-order valence-electron chi connectivity index (χ0n) is 20.8. The quantitative estimate of drug-likeness (QED) is 0.380. The first-order chi connectivity index (χ1) is 18.4. The summed E-state index contributed by atoms with van der Waals surface area (Å²) in [5, 5.41) is 18.0. The van der Waals surface area contributed by atoms with Gasteiger partial charge in [-0.3, -0.25) is 19.0 Å². The molecule has 0 saturated heterocycles. The van der Waals surface area contributed by atoms with Gasteiger partial charge in [-0.25, -0.2) is 0 Å². The van der Waals surface area contributed by atoms with E-state index in [0.29, 0.717) is 15.9 Å². The van der Waals surface area contributed by atoms with Crippen LogP contribution in [0.3, 0.4) is 0 Å². The molecule has 0 radical (unpaired) electrons. The highest BCUT2D eigenvalue weighted by molar-refractivity contribution is 7.07. The number of benzene rings is 2. The number of carbonyl (C=O) groups is 2. The Labute approximate surface area is 223 Å². The lowest BCUT2D eigenvalue weighted by Crippen LogP contribution is -2.34. The van der Waals surface area contributed by atoms with E-state index < -0.39 is 5.91 Å². The van der Waals surface area contributed by atoms with Gasteiger partial charge in [0, 0.05) is 36.4 Å². The van der Waals surface area contributed by atoms with Crippen molar-refractivity contribution >= 4 is 52.0 Å². The van der Waals surface area contributed by atoms with Crippen LogP contribution < -0.4 is 35.6 Å².